The Kier molecular flexibility index (Phi) is 6.54. The lowest BCUT2D eigenvalue weighted by Gasteiger charge is -2.36. The molecule has 0 spiro atoms. The fourth-order valence-corrected chi connectivity index (χ4v) is 2.78. The standard InChI is InChI=1S/C12H22N4O2.ClH/c13-5-4-10-3-1-2-6-15(10)7-8-16-11(17)9-14-12(16)18;/h10H,1-9,13H2,(H,14,18);1H. The van der Waals surface area contributed by atoms with Crippen molar-refractivity contribution in [2.45, 2.75) is 31.7 Å². The fourth-order valence-electron chi connectivity index (χ4n) is 2.78. The molecule has 0 radical (unpaired) electrons. The van der Waals surface area contributed by atoms with Gasteiger partial charge in [0.2, 0.25) is 5.91 Å². The van der Waals surface area contributed by atoms with Crippen molar-refractivity contribution in [1.82, 2.24) is 15.1 Å². The first-order chi connectivity index (χ1) is 8.72. The third kappa shape index (κ3) is 4.06. The fraction of sp³-hybridized carbons (Fsp3) is 0.833. The summed E-state index contributed by atoms with van der Waals surface area (Å²) in [5.41, 5.74) is 5.63. The molecule has 2 saturated heterocycles. The van der Waals surface area contributed by atoms with E-state index in [1.165, 1.54) is 24.2 Å². The average Bonchev–Trinajstić information content (AvgIpc) is 2.69. The van der Waals surface area contributed by atoms with Crippen LogP contribution in [0.2, 0.25) is 0 Å². The van der Waals surface area contributed by atoms with Gasteiger partial charge in [0.15, 0.2) is 0 Å². The molecule has 0 aromatic rings. The molecule has 3 amide bonds. The van der Waals surface area contributed by atoms with Gasteiger partial charge >= 0.3 is 6.03 Å². The van der Waals surface area contributed by atoms with Gasteiger partial charge in [0.1, 0.15) is 0 Å². The van der Waals surface area contributed by atoms with E-state index in [1.54, 1.807) is 0 Å². The van der Waals surface area contributed by atoms with Crippen molar-refractivity contribution < 1.29 is 9.59 Å². The van der Waals surface area contributed by atoms with Gasteiger partial charge in [0.25, 0.3) is 0 Å². The largest absolute Gasteiger partial charge is 0.330 e. The number of carbonyl (C=O) groups excluding carboxylic acids is 2. The quantitative estimate of drug-likeness (QED) is 0.707. The summed E-state index contributed by atoms with van der Waals surface area (Å²) in [6.07, 6.45) is 4.63. The van der Waals surface area contributed by atoms with Crippen LogP contribution in [0.15, 0.2) is 0 Å². The predicted molar refractivity (Wildman–Crippen MR) is 75.2 cm³/mol. The summed E-state index contributed by atoms with van der Waals surface area (Å²) in [5, 5.41) is 2.54. The third-order valence-corrected chi connectivity index (χ3v) is 3.80. The molecule has 0 saturated carbocycles. The van der Waals surface area contributed by atoms with Gasteiger partial charge in [-0.15, -0.1) is 12.4 Å². The Hall–Kier alpha value is -0.850. The molecule has 2 fully saturated rings. The van der Waals surface area contributed by atoms with Crippen LogP contribution in [0.4, 0.5) is 4.79 Å². The molecule has 2 aliphatic heterocycles. The Labute approximate surface area is 120 Å². The number of nitrogens with zero attached hydrogens (tertiary/aromatic N) is 2. The van der Waals surface area contributed by atoms with Crippen molar-refractivity contribution in [2.24, 2.45) is 5.73 Å². The van der Waals surface area contributed by atoms with E-state index in [4.69, 9.17) is 5.73 Å². The molecule has 6 nitrogen and oxygen atoms in total. The van der Waals surface area contributed by atoms with Gasteiger partial charge in [-0.05, 0) is 32.4 Å². The van der Waals surface area contributed by atoms with Crippen molar-refractivity contribution in [2.75, 3.05) is 32.7 Å². The number of amides is 3. The Morgan fingerprint density at radius 1 is 1.26 bits per heavy atom. The highest BCUT2D eigenvalue weighted by atomic mass is 35.5. The zero-order chi connectivity index (χ0) is 13.0. The van der Waals surface area contributed by atoms with Crippen LogP contribution in [-0.4, -0.2) is 60.5 Å². The second kappa shape index (κ2) is 7.67. The second-order valence-electron chi connectivity index (χ2n) is 4.97. The van der Waals surface area contributed by atoms with Gasteiger partial charge in [0, 0.05) is 19.1 Å². The van der Waals surface area contributed by atoms with Crippen molar-refractivity contribution in [1.29, 1.82) is 0 Å². The Morgan fingerprint density at radius 3 is 2.68 bits per heavy atom. The number of carbonyl (C=O) groups is 2. The number of hydrogen-bond donors (Lipinski definition) is 2. The SMILES string of the molecule is Cl.NCCC1CCCCN1CCN1C(=O)CNC1=O. The number of hydrogen-bond acceptors (Lipinski definition) is 4. The molecule has 2 heterocycles. The van der Waals surface area contributed by atoms with E-state index < -0.39 is 0 Å². The summed E-state index contributed by atoms with van der Waals surface area (Å²) in [6.45, 7) is 3.15. The topological polar surface area (TPSA) is 78.7 Å². The van der Waals surface area contributed by atoms with E-state index in [-0.39, 0.29) is 30.9 Å². The zero-order valence-electron chi connectivity index (χ0n) is 11.1. The molecule has 0 bridgehead atoms. The summed E-state index contributed by atoms with van der Waals surface area (Å²) in [4.78, 5) is 26.6. The number of imide groups is 1. The summed E-state index contributed by atoms with van der Waals surface area (Å²) in [5.74, 6) is -0.118. The lowest BCUT2D eigenvalue weighted by atomic mass is 9.99. The van der Waals surface area contributed by atoms with Gasteiger partial charge in [-0.2, -0.15) is 0 Å². The third-order valence-electron chi connectivity index (χ3n) is 3.80. The lowest BCUT2D eigenvalue weighted by Crippen LogP contribution is -2.45. The molecule has 7 heteroatoms. The molecule has 3 N–H and O–H groups in total. The molecule has 2 aliphatic rings. The van der Waals surface area contributed by atoms with Gasteiger partial charge in [0.05, 0.1) is 6.54 Å². The van der Waals surface area contributed by atoms with Crippen molar-refractivity contribution in [3.63, 3.8) is 0 Å². The highest BCUT2D eigenvalue weighted by molar-refractivity contribution is 6.01. The van der Waals surface area contributed by atoms with E-state index in [0.29, 0.717) is 19.1 Å². The first kappa shape index (κ1) is 16.2. The normalized spacial score (nSPS) is 24.3. The summed E-state index contributed by atoms with van der Waals surface area (Å²) in [7, 11) is 0. The van der Waals surface area contributed by atoms with E-state index in [0.717, 1.165) is 19.5 Å². The molecular weight excluding hydrogens is 268 g/mol. The van der Waals surface area contributed by atoms with E-state index in [2.05, 4.69) is 10.2 Å². The minimum atomic E-state index is -0.257. The van der Waals surface area contributed by atoms with E-state index >= 15 is 0 Å². The van der Waals surface area contributed by atoms with Crippen LogP contribution < -0.4 is 11.1 Å². The number of nitrogens with one attached hydrogen (secondary N) is 1. The van der Waals surface area contributed by atoms with Crippen LogP contribution in [0.25, 0.3) is 0 Å². The van der Waals surface area contributed by atoms with Crippen LogP contribution in [0.1, 0.15) is 25.7 Å². The van der Waals surface area contributed by atoms with Crippen LogP contribution in [-0.2, 0) is 4.79 Å². The van der Waals surface area contributed by atoms with Crippen molar-refractivity contribution >= 4 is 24.3 Å². The number of urea groups is 1. The summed E-state index contributed by atoms with van der Waals surface area (Å²) in [6, 6.07) is 0.261. The Bertz CT molecular complexity index is 309. The summed E-state index contributed by atoms with van der Waals surface area (Å²) < 4.78 is 0. The molecular formula is C12H23ClN4O2. The summed E-state index contributed by atoms with van der Waals surface area (Å²) >= 11 is 0. The maximum absolute atomic E-state index is 11.5. The first-order valence-electron chi connectivity index (χ1n) is 6.74. The molecule has 1 unspecified atom stereocenters. The van der Waals surface area contributed by atoms with Crippen molar-refractivity contribution in [3.8, 4) is 0 Å². The maximum Gasteiger partial charge on any atom is 0.324 e. The highest BCUT2D eigenvalue weighted by Gasteiger charge is 2.29. The van der Waals surface area contributed by atoms with E-state index in [1.807, 2.05) is 0 Å². The minimum absolute atomic E-state index is 0. The number of nitrogens with two attached hydrogens (primary N) is 1. The number of halogens is 1. The smallest absolute Gasteiger partial charge is 0.324 e. The number of piperidine rings is 1. The predicted octanol–water partition coefficient (Wildman–Crippen LogP) is 0.163. The molecule has 19 heavy (non-hydrogen) atoms. The van der Waals surface area contributed by atoms with Gasteiger partial charge in [-0.25, -0.2) is 4.79 Å². The van der Waals surface area contributed by atoms with Gasteiger partial charge in [-0.1, -0.05) is 6.42 Å². The van der Waals surface area contributed by atoms with Crippen LogP contribution in [0.5, 0.6) is 0 Å². The minimum Gasteiger partial charge on any atom is -0.330 e. The van der Waals surface area contributed by atoms with Crippen LogP contribution >= 0.6 is 12.4 Å². The molecule has 0 aliphatic carbocycles. The van der Waals surface area contributed by atoms with Gasteiger partial charge < -0.3 is 11.1 Å². The first-order valence-corrected chi connectivity index (χ1v) is 6.74. The second-order valence-corrected chi connectivity index (χ2v) is 4.97. The van der Waals surface area contributed by atoms with Gasteiger partial charge in [-0.3, -0.25) is 14.6 Å². The molecule has 1 atom stereocenters. The van der Waals surface area contributed by atoms with Crippen LogP contribution in [0.3, 0.4) is 0 Å². The molecule has 0 aromatic heterocycles. The molecule has 110 valence electrons. The van der Waals surface area contributed by atoms with E-state index in [9.17, 15) is 9.59 Å². The highest BCUT2D eigenvalue weighted by Crippen LogP contribution is 2.19. The monoisotopic (exact) mass is 290 g/mol. The lowest BCUT2D eigenvalue weighted by molar-refractivity contribution is -0.125. The van der Waals surface area contributed by atoms with Crippen molar-refractivity contribution in [3.05, 3.63) is 0 Å². The zero-order valence-corrected chi connectivity index (χ0v) is 12.0. The maximum atomic E-state index is 11.5. The molecule has 2 rings (SSSR count). The molecule has 0 aromatic carbocycles. The number of likely N-dealkylation sites (tertiary alicyclic amines) is 1. The number of rotatable bonds is 5. The Balaban J connectivity index is 0.00000180. The van der Waals surface area contributed by atoms with Crippen LogP contribution in [0, 0.1) is 0 Å². The Morgan fingerprint density at radius 2 is 2.05 bits per heavy atom. The average molecular weight is 291 g/mol.